The number of nitrogens with zero attached hydrogens (tertiary/aromatic N) is 5. The third-order valence-corrected chi connectivity index (χ3v) is 8.36. The van der Waals surface area contributed by atoms with E-state index >= 15 is 0 Å². The molecule has 1 aliphatic rings. The predicted molar refractivity (Wildman–Crippen MR) is 173 cm³/mol. The fraction of sp³-hybridized carbons (Fsp3) is 0.235. The minimum atomic E-state index is -0.432. The van der Waals surface area contributed by atoms with Gasteiger partial charge in [0.05, 0.1) is 41.3 Å². The zero-order valence-corrected chi connectivity index (χ0v) is 25.7. The normalized spacial score (nSPS) is 16.6. The Hall–Kier alpha value is -5.09. The highest BCUT2D eigenvalue weighted by Gasteiger charge is 2.24. The average Bonchev–Trinajstić information content (AvgIpc) is 3.41. The van der Waals surface area contributed by atoms with Crippen LogP contribution in [0.1, 0.15) is 53.8 Å². The number of fused-ring (bicyclic) bond motifs is 4. The highest BCUT2D eigenvalue weighted by molar-refractivity contribution is 6.31. The summed E-state index contributed by atoms with van der Waals surface area (Å²) in [5, 5.41) is 10.7. The maximum atomic E-state index is 13.8. The Morgan fingerprint density at radius 2 is 1.87 bits per heavy atom. The van der Waals surface area contributed by atoms with E-state index in [0.29, 0.717) is 59.0 Å². The molecule has 0 saturated carbocycles. The van der Waals surface area contributed by atoms with Gasteiger partial charge in [-0.25, -0.2) is 4.98 Å². The number of amides is 2. The maximum Gasteiger partial charge on any atom is 0.254 e. The molecule has 0 radical (unpaired) electrons. The van der Waals surface area contributed by atoms with Crippen LogP contribution in [0.2, 0.25) is 5.02 Å². The van der Waals surface area contributed by atoms with Crippen molar-refractivity contribution in [2.24, 2.45) is 13.0 Å². The molecule has 0 spiro atoms. The quantitative estimate of drug-likeness (QED) is 0.262. The van der Waals surface area contributed by atoms with Crippen LogP contribution >= 0.6 is 11.6 Å². The van der Waals surface area contributed by atoms with E-state index in [1.165, 1.54) is 12.4 Å². The Morgan fingerprint density at radius 1 is 1.04 bits per heavy atom. The van der Waals surface area contributed by atoms with E-state index in [-0.39, 0.29) is 23.3 Å². The Kier molecular flexibility index (Phi) is 8.57. The minimum absolute atomic E-state index is 0.0797. The van der Waals surface area contributed by atoms with Gasteiger partial charge in [0.2, 0.25) is 5.91 Å². The molecule has 0 saturated heterocycles. The number of rotatable bonds is 5. The second-order valence-corrected chi connectivity index (χ2v) is 11.7. The van der Waals surface area contributed by atoms with Gasteiger partial charge in [0.1, 0.15) is 0 Å². The number of benzene rings is 2. The number of halogens is 1. The van der Waals surface area contributed by atoms with Crippen molar-refractivity contribution in [2.75, 3.05) is 5.32 Å². The number of aryl methyl sites for hydroxylation is 1. The summed E-state index contributed by atoms with van der Waals surface area (Å²) in [6.07, 6.45) is 6.71. The van der Waals surface area contributed by atoms with Crippen molar-refractivity contribution >= 4 is 29.1 Å². The average molecular weight is 622 g/mol. The van der Waals surface area contributed by atoms with Crippen molar-refractivity contribution < 1.29 is 9.59 Å². The molecular weight excluding hydrogens is 590 g/mol. The number of nitrogens with one attached hydrogen (secondary N) is 2. The number of carbonyl (C=O) groups is 2. The maximum absolute atomic E-state index is 13.8. The summed E-state index contributed by atoms with van der Waals surface area (Å²) in [5.41, 5.74) is 4.70. The van der Waals surface area contributed by atoms with Gasteiger partial charge in [-0.05, 0) is 48.7 Å². The summed E-state index contributed by atoms with van der Waals surface area (Å²) in [4.78, 5) is 49.3. The standard InChI is InChI=1S/C34H32ClN7O3/c1-21-7-6-10-30(28-15-23(13-14-36-28)32-29(40-33(21)44)19-39-41(32)2)42-20-38-27(17-31(42)43)26-16-24(35)11-12-25(26)34(45)37-18-22-8-4-3-5-9-22/h3-5,8-9,11-17,19-21,30H,6-7,10,18H2,1-2H3,(H,37,45)(H,40,44). The molecule has 2 N–H and O–H groups in total. The molecule has 0 aliphatic carbocycles. The van der Waals surface area contributed by atoms with Gasteiger partial charge in [-0.2, -0.15) is 5.10 Å². The topological polar surface area (TPSA) is 124 Å². The molecule has 6 rings (SSSR count). The summed E-state index contributed by atoms with van der Waals surface area (Å²) in [7, 11) is 1.82. The van der Waals surface area contributed by atoms with Gasteiger partial charge in [0.25, 0.3) is 11.5 Å². The van der Waals surface area contributed by atoms with Crippen molar-refractivity contribution in [3.63, 3.8) is 0 Å². The van der Waals surface area contributed by atoms with Crippen molar-refractivity contribution in [2.45, 2.75) is 38.8 Å². The lowest BCUT2D eigenvalue weighted by molar-refractivity contribution is -0.119. The second-order valence-electron chi connectivity index (χ2n) is 11.2. The number of hydrogen-bond acceptors (Lipinski definition) is 6. The van der Waals surface area contributed by atoms with Gasteiger partial charge in [-0.1, -0.05) is 55.3 Å². The summed E-state index contributed by atoms with van der Waals surface area (Å²) in [5.74, 6) is -0.621. The molecule has 2 bridgehead atoms. The molecule has 11 heteroatoms. The highest BCUT2D eigenvalue weighted by atomic mass is 35.5. The van der Waals surface area contributed by atoms with E-state index in [9.17, 15) is 14.4 Å². The first-order valence-corrected chi connectivity index (χ1v) is 15.2. The third-order valence-electron chi connectivity index (χ3n) is 8.12. The number of anilines is 1. The van der Waals surface area contributed by atoms with E-state index in [1.807, 2.05) is 56.4 Å². The first-order valence-electron chi connectivity index (χ1n) is 14.8. The van der Waals surface area contributed by atoms with Crippen LogP contribution in [0.3, 0.4) is 0 Å². The van der Waals surface area contributed by atoms with Crippen molar-refractivity contribution in [3.05, 3.63) is 118 Å². The monoisotopic (exact) mass is 621 g/mol. The van der Waals surface area contributed by atoms with Crippen molar-refractivity contribution in [1.82, 2.24) is 29.6 Å². The second kappa shape index (κ2) is 12.9. The lowest BCUT2D eigenvalue weighted by atomic mass is 9.97. The summed E-state index contributed by atoms with van der Waals surface area (Å²) in [6, 6.07) is 19.3. The lowest BCUT2D eigenvalue weighted by Crippen LogP contribution is -2.27. The predicted octanol–water partition coefficient (Wildman–Crippen LogP) is 5.64. The van der Waals surface area contributed by atoms with Crippen LogP contribution in [0.25, 0.3) is 22.5 Å². The first kappa shape index (κ1) is 30.0. The van der Waals surface area contributed by atoms with E-state index in [0.717, 1.165) is 16.8 Å². The molecule has 0 fully saturated rings. The van der Waals surface area contributed by atoms with Gasteiger partial charge < -0.3 is 10.6 Å². The Morgan fingerprint density at radius 3 is 2.67 bits per heavy atom. The molecule has 3 aromatic heterocycles. The zero-order valence-electron chi connectivity index (χ0n) is 24.9. The Bertz CT molecular complexity index is 1940. The highest BCUT2D eigenvalue weighted by Crippen LogP contribution is 2.33. The van der Waals surface area contributed by atoms with Crippen LogP contribution in [-0.2, 0) is 18.4 Å². The van der Waals surface area contributed by atoms with Gasteiger partial charge in [0, 0.05) is 53.5 Å². The molecule has 228 valence electrons. The van der Waals surface area contributed by atoms with Crippen LogP contribution in [0.15, 0.2) is 90.2 Å². The number of pyridine rings is 1. The van der Waals surface area contributed by atoms with E-state index in [4.69, 9.17) is 11.6 Å². The Balaban J connectivity index is 1.36. The van der Waals surface area contributed by atoms with Crippen molar-refractivity contribution in [3.8, 4) is 22.5 Å². The molecule has 2 amide bonds. The van der Waals surface area contributed by atoms with Crippen LogP contribution in [-0.4, -0.2) is 36.1 Å². The molecule has 45 heavy (non-hydrogen) atoms. The van der Waals surface area contributed by atoms with Crippen LogP contribution in [0.5, 0.6) is 0 Å². The van der Waals surface area contributed by atoms with Gasteiger partial charge >= 0.3 is 0 Å². The first-order chi connectivity index (χ1) is 21.8. The van der Waals surface area contributed by atoms with Gasteiger partial charge in [0.15, 0.2) is 0 Å². The third kappa shape index (κ3) is 6.41. The lowest BCUT2D eigenvalue weighted by Gasteiger charge is -2.22. The molecule has 1 aliphatic heterocycles. The molecule has 4 heterocycles. The van der Waals surface area contributed by atoms with E-state index in [1.54, 1.807) is 39.8 Å². The smallest absolute Gasteiger partial charge is 0.254 e. The number of aromatic nitrogens is 5. The Labute approximate surface area is 265 Å². The summed E-state index contributed by atoms with van der Waals surface area (Å²) < 4.78 is 3.28. The largest absolute Gasteiger partial charge is 0.348 e. The molecule has 2 atom stereocenters. The zero-order chi connectivity index (χ0) is 31.5. The fourth-order valence-electron chi connectivity index (χ4n) is 5.67. The molecular formula is C34H32ClN7O3. The number of hydrogen-bond donors (Lipinski definition) is 2. The van der Waals surface area contributed by atoms with Gasteiger partial charge in [-0.3, -0.25) is 28.6 Å². The molecule has 2 unspecified atom stereocenters. The SMILES string of the molecule is CC1CCCC(n2cnc(-c3cc(Cl)ccc3C(=O)NCc3ccccc3)cc2=O)c2cc(ccn2)-c2c(cnn2C)NC1=O. The van der Waals surface area contributed by atoms with Crippen molar-refractivity contribution in [1.29, 1.82) is 0 Å². The van der Waals surface area contributed by atoms with Gasteiger partial charge in [-0.15, -0.1) is 0 Å². The fourth-order valence-corrected chi connectivity index (χ4v) is 5.85. The summed E-state index contributed by atoms with van der Waals surface area (Å²) in [6.45, 7) is 2.25. The van der Waals surface area contributed by atoms with Crippen LogP contribution in [0.4, 0.5) is 5.69 Å². The molecule has 10 nitrogen and oxygen atoms in total. The molecule has 2 aromatic carbocycles. The van der Waals surface area contributed by atoms with Crippen LogP contribution in [0, 0.1) is 5.92 Å². The van der Waals surface area contributed by atoms with E-state index in [2.05, 4.69) is 25.7 Å². The summed E-state index contributed by atoms with van der Waals surface area (Å²) >= 11 is 6.34. The minimum Gasteiger partial charge on any atom is -0.348 e. The number of carbonyl (C=O) groups excluding carboxylic acids is 2. The van der Waals surface area contributed by atoms with E-state index < -0.39 is 6.04 Å². The van der Waals surface area contributed by atoms with Crippen LogP contribution < -0.4 is 16.2 Å². The molecule has 5 aromatic rings.